The van der Waals surface area contributed by atoms with Crippen LogP contribution in [0.25, 0.3) is 0 Å². The van der Waals surface area contributed by atoms with E-state index in [-0.39, 0.29) is 17.7 Å². The number of benzene rings is 1. The second-order valence-corrected chi connectivity index (χ2v) is 7.55. The van der Waals surface area contributed by atoms with Crippen LogP contribution in [-0.2, 0) is 14.1 Å². The summed E-state index contributed by atoms with van der Waals surface area (Å²) >= 11 is 0. The molecule has 152 valence electrons. The highest BCUT2D eigenvalue weighted by Gasteiger charge is 2.31. The Morgan fingerprint density at radius 1 is 1.00 bits per heavy atom. The number of rotatable bonds is 10. The van der Waals surface area contributed by atoms with Gasteiger partial charge in [-0.05, 0) is 50.7 Å². The fourth-order valence-electron chi connectivity index (χ4n) is 3.33. The Morgan fingerprint density at radius 3 is 2.04 bits per heavy atom. The number of carbonyl (C=O) groups is 2. The van der Waals surface area contributed by atoms with E-state index in [4.69, 9.17) is 9.30 Å². The van der Waals surface area contributed by atoms with Gasteiger partial charge in [-0.1, -0.05) is 62.3 Å². The SMILES string of the molecule is CCCCCCOC(=O)C(CC(C)C)C(=O)c1c(C)cc(C)cc1C.O=[PH2+]. The van der Waals surface area contributed by atoms with Crippen LogP contribution < -0.4 is 0 Å². The fourth-order valence-corrected chi connectivity index (χ4v) is 3.33. The first kappa shape index (κ1) is 25.5. The third-order valence-corrected chi connectivity index (χ3v) is 4.47. The van der Waals surface area contributed by atoms with Crippen molar-refractivity contribution in [2.75, 3.05) is 6.61 Å². The standard InChI is InChI=1S/C22H34O3.H2OP/c1-7-8-9-10-11-25-22(24)19(12-15(2)3)21(23)20-17(5)13-16(4)14-18(20)6;1-2/h13-15,19H,7-12H2,1-6H3;2H2/q;+1. The lowest BCUT2D eigenvalue weighted by molar-refractivity contribution is -0.147. The lowest BCUT2D eigenvalue weighted by Gasteiger charge is -2.19. The Balaban J connectivity index is 0.00000326. The van der Waals surface area contributed by atoms with Crippen LogP contribution in [0.15, 0.2) is 12.1 Å². The lowest BCUT2D eigenvalue weighted by Crippen LogP contribution is -2.29. The smallest absolute Gasteiger partial charge is 0.316 e. The van der Waals surface area contributed by atoms with Crippen LogP contribution in [0.2, 0.25) is 0 Å². The van der Waals surface area contributed by atoms with Gasteiger partial charge in [0.25, 0.3) is 0 Å². The Hall–Kier alpha value is -1.54. The molecule has 0 fully saturated rings. The summed E-state index contributed by atoms with van der Waals surface area (Å²) in [6, 6.07) is 4.01. The molecule has 0 aliphatic heterocycles. The molecule has 0 spiro atoms. The highest BCUT2D eigenvalue weighted by atomic mass is 31.0. The molecule has 0 N–H and O–H groups in total. The molecule has 5 heteroatoms. The molecule has 1 rings (SSSR count). The van der Waals surface area contributed by atoms with Gasteiger partial charge in [-0.2, -0.15) is 0 Å². The van der Waals surface area contributed by atoms with Gasteiger partial charge >= 0.3 is 15.1 Å². The molecule has 2 unspecified atom stereocenters. The Labute approximate surface area is 166 Å². The topological polar surface area (TPSA) is 60.4 Å². The molecular formula is C22H36O4P+. The number of aryl methyl sites for hydroxylation is 3. The van der Waals surface area contributed by atoms with Crippen LogP contribution in [0.4, 0.5) is 0 Å². The minimum absolute atomic E-state index is 0.0951. The van der Waals surface area contributed by atoms with E-state index in [0.29, 0.717) is 18.6 Å². The first-order chi connectivity index (χ1) is 12.8. The van der Waals surface area contributed by atoms with E-state index in [1.54, 1.807) is 0 Å². The molecule has 0 amide bonds. The van der Waals surface area contributed by atoms with Crippen LogP contribution >= 0.6 is 9.12 Å². The van der Waals surface area contributed by atoms with Crippen molar-refractivity contribution in [3.8, 4) is 0 Å². The third-order valence-electron chi connectivity index (χ3n) is 4.47. The van der Waals surface area contributed by atoms with Crippen molar-refractivity contribution in [1.29, 1.82) is 0 Å². The molecule has 0 bridgehead atoms. The van der Waals surface area contributed by atoms with Gasteiger partial charge in [0.15, 0.2) is 5.78 Å². The molecule has 4 nitrogen and oxygen atoms in total. The molecule has 0 saturated carbocycles. The Morgan fingerprint density at radius 2 is 1.56 bits per heavy atom. The molecule has 27 heavy (non-hydrogen) atoms. The van der Waals surface area contributed by atoms with Crippen molar-refractivity contribution < 1.29 is 18.9 Å². The summed E-state index contributed by atoms with van der Waals surface area (Å²) in [5, 5.41) is 0. The molecule has 0 radical (unpaired) electrons. The van der Waals surface area contributed by atoms with E-state index >= 15 is 0 Å². The maximum atomic E-state index is 13.1. The Bertz CT molecular complexity index is 587. The van der Waals surface area contributed by atoms with E-state index in [2.05, 4.69) is 6.92 Å². The van der Waals surface area contributed by atoms with Gasteiger partial charge in [0.2, 0.25) is 0 Å². The quantitative estimate of drug-likeness (QED) is 0.165. The predicted molar refractivity (Wildman–Crippen MR) is 113 cm³/mol. The van der Waals surface area contributed by atoms with Crippen LogP contribution in [0.1, 0.15) is 79.9 Å². The molecule has 0 aliphatic carbocycles. The first-order valence-corrected chi connectivity index (χ1v) is 10.3. The molecule has 0 saturated heterocycles. The lowest BCUT2D eigenvalue weighted by atomic mass is 9.85. The van der Waals surface area contributed by atoms with E-state index in [1.807, 2.05) is 46.8 Å². The molecule has 0 aliphatic rings. The number of hydrogen-bond donors (Lipinski definition) is 0. The number of ketones is 1. The normalized spacial score (nSPS) is 11.5. The fraction of sp³-hybridized carbons (Fsp3) is 0.636. The zero-order chi connectivity index (χ0) is 21.0. The van der Waals surface area contributed by atoms with Gasteiger partial charge in [0.1, 0.15) is 5.92 Å². The number of Topliss-reactive ketones (excluding diaryl/α,β-unsaturated/α-hetero) is 1. The third kappa shape index (κ3) is 8.79. The van der Waals surface area contributed by atoms with Gasteiger partial charge in [-0.25, -0.2) is 0 Å². The van der Waals surface area contributed by atoms with Crippen molar-refractivity contribution >= 4 is 20.9 Å². The van der Waals surface area contributed by atoms with E-state index < -0.39 is 5.92 Å². The van der Waals surface area contributed by atoms with Crippen molar-refractivity contribution in [2.45, 2.75) is 73.6 Å². The van der Waals surface area contributed by atoms with Gasteiger partial charge in [0, 0.05) is 5.56 Å². The molecule has 1 aromatic rings. The van der Waals surface area contributed by atoms with Crippen molar-refractivity contribution in [3.05, 3.63) is 34.4 Å². The van der Waals surface area contributed by atoms with Gasteiger partial charge in [-0.3, -0.25) is 9.59 Å². The minimum Gasteiger partial charge on any atom is -0.465 e. The van der Waals surface area contributed by atoms with Crippen LogP contribution in [0.3, 0.4) is 0 Å². The van der Waals surface area contributed by atoms with Crippen LogP contribution in [0, 0.1) is 32.6 Å². The molecule has 0 heterocycles. The largest absolute Gasteiger partial charge is 0.465 e. The molecule has 2 atom stereocenters. The minimum atomic E-state index is -0.703. The first-order valence-electron chi connectivity index (χ1n) is 9.80. The van der Waals surface area contributed by atoms with E-state index in [1.165, 1.54) is 9.12 Å². The van der Waals surface area contributed by atoms with E-state index in [9.17, 15) is 9.59 Å². The summed E-state index contributed by atoms with van der Waals surface area (Å²) in [5.74, 6) is -0.907. The maximum absolute atomic E-state index is 13.1. The highest BCUT2D eigenvalue weighted by Crippen LogP contribution is 2.25. The summed E-state index contributed by atoms with van der Waals surface area (Å²) in [6.07, 6.45) is 4.74. The highest BCUT2D eigenvalue weighted by molar-refractivity contribution is 7.00. The number of esters is 1. The number of carbonyl (C=O) groups excluding carboxylic acids is 2. The number of hydrogen-bond acceptors (Lipinski definition) is 4. The monoisotopic (exact) mass is 395 g/mol. The summed E-state index contributed by atoms with van der Waals surface area (Å²) in [4.78, 5) is 25.7. The summed E-state index contributed by atoms with van der Waals surface area (Å²) in [5.41, 5.74) is 3.68. The number of ether oxygens (including phenoxy) is 1. The van der Waals surface area contributed by atoms with Gasteiger partial charge in [0.05, 0.1) is 6.61 Å². The summed E-state index contributed by atoms with van der Waals surface area (Å²) in [6.45, 7) is 12.5. The van der Waals surface area contributed by atoms with Crippen molar-refractivity contribution in [2.24, 2.45) is 11.8 Å². The van der Waals surface area contributed by atoms with Crippen molar-refractivity contribution in [3.63, 3.8) is 0 Å². The van der Waals surface area contributed by atoms with Gasteiger partial charge in [-0.15, -0.1) is 0 Å². The summed E-state index contributed by atoms with van der Waals surface area (Å²) < 4.78 is 13.6. The zero-order valence-electron chi connectivity index (χ0n) is 17.8. The average Bonchev–Trinajstić information content (AvgIpc) is 2.59. The van der Waals surface area contributed by atoms with E-state index in [0.717, 1.165) is 42.4 Å². The average molecular weight is 396 g/mol. The van der Waals surface area contributed by atoms with Crippen molar-refractivity contribution in [1.82, 2.24) is 0 Å². The molecule has 0 aromatic heterocycles. The van der Waals surface area contributed by atoms with Crippen LogP contribution in [-0.4, -0.2) is 18.4 Å². The second-order valence-electron chi connectivity index (χ2n) is 7.55. The number of unbranched alkanes of at least 4 members (excludes halogenated alkanes) is 3. The van der Waals surface area contributed by atoms with Crippen LogP contribution in [0.5, 0.6) is 0 Å². The zero-order valence-corrected chi connectivity index (χ0v) is 18.9. The molecular weight excluding hydrogens is 359 g/mol. The molecule has 1 aromatic carbocycles. The predicted octanol–water partition coefficient (Wildman–Crippen LogP) is 5.79. The summed E-state index contributed by atoms with van der Waals surface area (Å²) in [7, 11) is 1.17. The maximum Gasteiger partial charge on any atom is 0.316 e. The Kier molecular flexibility index (Phi) is 12.8. The van der Waals surface area contributed by atoms with Gasteiger partial charge < -0.3 is 4.74 Å². The second kappa shape index (κ2) is 13.6.